The lowest BCUT2D eigenvalue weighted by Crippen LogP contribution is -2.29. The number of nitrogens with one attached hydrogen (secondary N) is 1. The number of rotatable bonds is 7. The zero-order valence-electron chi connectivity index (χ0n) is 14.8. The Labute approximate surface area is 171 Å². The summed E-state index contributed by atoms with van der Waals surface area (Å²) in [5.74, 6) is 0.497. The minimum absolute atomic E-state index is 0.0301. The molecule has 0 unspecified atom stereocenters. The highest BCUT2D eigenvalue weighted by molar-refractivity contribution is 9.10. The monoisotopic (exact) mass is 467 g/mol. The number of hydrogen-bond acceptors (Lipinski definition) is 6. The summed E-state index contributed by atoms with van der Waals surface area (Å²) in [5.41, 5.74) is 1.42. The molecule has 7 nitrogen and oxygen atoms in total. The number of carbonyl (C=O) groups excluding carboxylic acids is 1. The molecule has 0 saturated heterocycles. The Balaban J connectivity index is 1.51. The molecule has 0 aromatic heterocycles. The number of benzene rings is 2. The van der Waals surface area contributed by atoms with Gasteiger partial charge in [0.25, 0.3) is 0 Å². The van der Waals surface area contributed by atoms with E-state index in [1.807, 2.05) is 6.07 Å². The van der Waals surface area contributed by atoms with Gasteiger partial charge in [0, 0.05) is 15.4 Å². The summed E-state index contributed by atoms with van der Waals surface area (Å²) in [6.45, 7) is 0.431. The predicted octanol–water partition coefficient (Wildman–Crippen LogP) is 2.85. The topological polar surface area (TPSA) is 90.9 Å². The van der Waals surface area contributed by atoms with Gasteiger partial charge in [-0.25, -0.2) is 13.1 Å². The van der Waals surface area contributed by atoms with Crippen molar-refractivity contribution in [1.82, 2.24) is 4.72 Å². The average molecular weight is 468 g/mol. The SMILES string of the molecule is O=C(CNS(=O)(=O)/C=C/c1ccccc1)OCc1cc2c(cc1Br)OCCO2. The van der Waals surface area contributed by atoms with Crippen LogP contribution in [0.2, 0.25) is 0 Å². The fourth-order valence-corrected chi connectivity index (χ4v) is 3.55. The normalized spacial score (nSPS) is 13.5. The van der Waals surface area contributed by atoms with E-state index in [9.17, 15) is 13.2 Å². The standard InChI is InChI=1S/C19H18BrNO6S/c20-16-11-18-17(25-7-8-26-18)10-15(16)13-27-19(22)12-21-28(23,24)9-6-14-4-2-1-3-5-14/h1-6,9-11,21H,7-8,12-13H2/b9-6+. The number of fused-ring (bicyclic) bond motifs is 1. The highest BCUT2D eigenvalue weighted by Crippen LogP contribution is 2.35. The van der Waals surface area contributed by atoms with Gasteiger partial charge in [0.05, 0.1) is 0 Å². The quantitative estimate of drug-likeness (QED) is 0.629. The Morgan fingerprint density at radius 1 is 1.14 bits per heavy atom. The van der Waals surface area contributed by atoms with Crippen LogP contribution >= 0.6 is 15.9 Å². The first-order chi connectivity index (χ1) is 13.4. The smallest absolute Gasteiger partial charge is 0.321 e. The second-order valence-corrected chi connectivity index (χ2v) is 8.33. The molecule has 0 amide bonds. The van der Waals surface area contributed by atoms with Crippen LogP contribution in [0, 0.1) is 0 Å². The third-order valence-electron chi connectivity index (χ3n) is 3.76. The fourth-order valence-electron chi connectivity index (χ4n) is 2.37. The molecule has 1 N–H and O–H groups in total. The number of ether oxygens (including phenoxy) is 3. The maximum Gasteiger partial charge on any atom is 0.321 e. The van der Waals surface area contributed by atoms with Crippen LogP contribution in [0.15, 0.2) is 52.3 Å². The largest absolute Gasteiger partial charge is 0.486 e. The zero-order chi connectivity index (χ0) is 20.0. The summed E-state index contributed by atoms with van der Waals surface area (Å²) in [6, 6.07) is 12.4. The van der Waals surface area contributed by atoms with Gasteiger partial charge in [-0.3, -0.25) is 4.79 Å². The van der Waals surface area contributed by atoms with Crippen molar-refractivity contribution in [2.75, 3.05) is 19.8 Å². The Hall–Kier alpha value is -2.36. The second kappa shape index (κ2) is 9.22. The third-order valence-corrected chi connectivity index (χ3v) is 5.54. The molecular weight excluding hydrogens is 450 g/mol. The molecule has 0 fully saturated rings. The van der Waals surface area contributed by atoms with Crippen molar-refractivity contribution < 1.29 is 27.4 Å². The predicted molar refractivity (Wildman–Crippen MR) is 107 cm³/mol. The molecule has 0 spiro atoms. The van der Waals surface area contributed by atoms with Crippen LogP contribution in [0.25, 0.3) is 6.08 Å². The molecule has 1 heterocycles. The Kier molecular flexibility index (Phi) is 6.71. The number of sulfonamides is 1. The second-order valence-electron chi connectivity index (χ2n) is 5.83. The van der Waals surface area contributed by atoms with E-state index < -0.39 is 22.5 Å². The Morgan fingerprint density at radius 2 is 1.82 bits per heavy atom. The van der Waals surface area contributed by atoms with Crippen molar-refractivity contribution in [3.63, 3.8) is 0 Å². The number of halogens is 1. The molecule has 0 saturated carbocycles. The lowest BCUT2D eigenvalue weighted by molar-refractivity contribution is -0.143. The zero-order valence-corrected chi connectivity index (χ0v) is 17.2. The summed E-state index contributed by atoms with van der Waals surface area (Å²) in [5, 5.41) is 1.01. The maximum absolute atomic E-state index is 12.0. The fraction of sp³-hybridized carbons (Fsp3) is 0.211. The molecule has 2 aromatic rings. The van der Waals surface area contributed by atoms with Crippen LogP contribution in [0.3, 0.4) is 0 Å². The molecule has 9 heteroatoms. The molecule has 0 aliphatic carbocycles. The summed E-state index contributed by atoms with van der Waals surface area (Å²) < 4.78 is 42.9. The van der Waals surface area contributed by atoms with Gasteiger partial charge in [0.15, 0.2) is 11.5 Å². The third kappa shape index (κ3) is 5.82. The van der Waals surface area contributed by atoms with E-state index in [4.69, 9.17) is 14.2 Å². The van der Waals surface area contributed by atoms with Gasteiger partial charge in [0.1, 0.15) is 26.4 Å². The van der Waals surface area contributed by atoms with Gasteiger partial charge in [-0.2, -0.15) is 0 Å². The summed E-state index contributed by atoms with van der Waals surface area (Å²) >= 11 is 3.39. The van der Waals surface area contributed by atoms with Gasteiger partial charge >= 0.3 is 5.97 Å². The van der Waals surface area contributed by atoms with E-state index in [1.165, 1.54) is 6.08 Å². The molecule has 3 rings (SSSR count). The van der Waals surface area contributed by atoms with E-state index in [1.54, 1.807) is 36.4 Å². The summed E-state index contributed by atoms with van der Waals surface area (Å²) in [6.07, 6.45) is 1.44. The van der Waals surface area contributed by atoms with Crippen molar-refractivity contribution in [1.29, 1.82) is 0 Å². The summed E-state index contributed by atoms with van der Waals surface area (Å²) in [4.78, 5) is 11.9. The highest BCUT2D eigenvalue weighted by atomic mass is 79.9. The van der Waals surface area contributed by atoms with Gasteiger partial charge in [0.2, 0.25) is 10.0 Å². The van der Waals surface area contributed by atoms with Gasteiger partial charge in [-0.05, 0) is 23.8 Å². The van der Waals surface area contributed by atoms with Crippen LogP contribution in [0.5, 0.6) is 11.5 Å². The Morgan fingerprint density at radius 3 is 2.54 bits per heavy atom. The van der Waals surface area contributed by atoms with Crippen molar-refractivity contribution in [2.24, 2.45) is 0 Å². The first-order valence-corrected chi connectivity index (χ1v) is 10.7. The van der Waals surface area contributed by atoms with Gasteiger partial charge in [-0.15, -0.1) is 0 Å². The highest BCUT2D eigenvalue weighted by Gasteiger charge is 2.16. The van der Waals surface area contributed by atoms with Crippen molar-refractivity contribution >= 4 is 38.0 Å². The van der Waals surface area contributed by atoms with Crippen molar-refractivity contribution in [2.45, 2.75) is 6.61 Å². The van der Waals surface area contributed by atoms with E-state index >= 15 is 0 Å². The van der Waals surface area contributed by atoms with Gasteiger partial charge < -0.3 is 14.2 Å². The number of carbonyl (C=O) groups is 1. The Bertz CT molecular complexity index is 975. The van der Waals surface area contributed by atoms with E-state index in [0.29, 0.717) is 34.7 Å². The molecule has 0 radical (unpaired) electrons. The molecule has 0 bridgehead atoms. The minimum Gasteiger partial charge on any atom is -0.486 e. The van der Waals surface area contributed by atoms with Crippen LogP contribution in [-0.4, -0.2) is 34.1 Å². The summed E-state index contributed by atoms with van der Waals surface area (Å²) in [7, 11) is -3.76. The first-order valence-electron chi connectivity index (χ1n) is 8.39. The minimum atomic E-state index is -3.76. The van der Waals surface area contributed by atoms with Gasteiger partial charge in [-0.1, -0.05) is 46.3 Å². The lowest BCUT2D eigenvalue weighted by Gasteiger charge is -2.19. The molecule has 28 heavy (non-hydrogen) atoms. The number of hydrogen-bond donors (Lipinski definition) is 1. The van der Waals surface area contributed by atoms with Crippen molar-refractivity contribution in [3.05, 3.63) is 63.5 Å². The van der Waals surface area contributed by atoms with Crippen molar-refractivity contribution in [3.8, 4) is 11.5 Å². The van der Waals surface area contributed by atoms with Crippen LogP contribution in [-0.2, 0) is 26.2 Å². The van der Waals surface area contributed by atoms with E-state index in [-0.39, 0.29) is 6.61 Å². The lowest BCUT2D eigenvalue weighted by atomic mass is 10.2. The molecule has 0 atom stereocenters. The molecule has 2 aromatic carbocycles. The molecule has 1 aliphatic heterocycles. The van der Waals surface area contributed by atoms with E-state index in [0.717, 1.165) is 11.0 Å². The molecule has 148 valence electrons. The van der Waals surface area contributed by atoms with Crippen LogP contribution in [0.1, 0.15) is 11.1 Å². The first kappa shape index (κ1) is 20.4. The van der Waals surface area contributed by atoms with Crippen LogP contribution in [0.4, 0.5) is 0 Å². The molecule has 1 aliphatic rings. The average Bonchev–Trinajstić information content (AvgIpc) is 2.70. The van der Waals surface area contributed by atoms with E-state index in [2.05, 4.69) is 20.7 Å². The molecular formula is C19H18BrNO6S. The maximum atomic E-state index is 12.0. The number of esters is 1. The van der Waals surface area contributed by atoms with Crippen LogP contribution < -0.4 is 14.2 Å².